The fourth-order valence-electron chi connectivity index (χ4n) is 7.53. The molecule has 0 bridgehead atoms. The molecule has 7 aromatic carbocycles. The zero-order valence-corrected chi connectivity index (χ0v) is 35.1. The molecule has 0 aliphatic heterocycles. The summed E-state index contributed by atoms with van der Waals surface area (Å²) in [5.74, 6) is 0.626. The molecule has 0 fully saturated rings. The Bertz CT molecular complexity index is 3130. The first-order valence-corrected chi connectivity index (χ1v) is 19.4. The summed E-state index contributed by atoms with van der Waals surface area (Å²) in [4.78, 5) is 10.1. The first-order chi connectivity index (χ1) is 30.2. The molecule has 292 valence electrons. The van der Waals surface area contributed by atoms with Crippen molar-refractivity contribution in [1.29, 1.82) is 0 Å². The smallest absolute Gasteiger partial charge is 0.148 e. The maximum absolute atomic E-state index is 11.7. The number of nitrogens with zero attached hydrogens (tertiary/aromatic N) is 3. The molecule has 2 aromatic heterocycles. The molecule has 4 nitrogen and oxygen atoms in total. The molecular formula is C54H44N3OPt-. The van der Waals surface area contributed by atoms with Gasteiger partial charge in [-0.15, -0.1) is 29.3 Å². The van der Waals surface area contributed by atoms with Gasteiger partial charge in [-0.05, 0) is 76.3 Å². The van der Waals surface area contributed by atoms with E-state index in [-0.39, 0.29) is 37.8 Å². The molecule has 5 heteroatoms. The van der Waals surface area contributed by atoms with E-state index in [9.17, 15) is 7.85 Å². The number of phenols is 1. The topological polar surface area (TPSA) is 50.9 Å². The van der Waals surface area contributed by atoms with Crippen LogP contribution in [0.15, 0.2) is 176 Å². The van der Waals surface area contributed by atoms with Gasteiger partial charge in [0.2, 0.25) is 0 Å². The summed E-state index contributed by atoms with van der Waals surface area (Å²) in [6.45, 7) is 3.98. The van der Waals surface area contributed by atoms with Gasteiger partial charge in [-0.25, -0.2) is 4.98 Å². The summed E-state index contributed by atoms with van der Waals surface area (Å²) >= 11 is 0. The van der Waals surface area contributed by atoms with Crippen molar-refractivity contribution < 1.29 is 33.0 Å². The van der Waals surface area contributed by atoms with E-state index < -0.39 is 13.2 Å². The van der Waals surface area contributed by atoms with Crippen LogP contribution in [0.25, 0.3) is 72.7 Å². The van der Waals surface area contributed by atoms with Crippen molar-refractivity contribution in [2.75, 3.05) is 0 Å². The summed E-state index contributed by atoms with van der Waals surface area (Å²) in [6, 6.07) is 57.2. The fourth-order valence-corrected chi connectivity index (χ4v) is 7.53. The summed E-state index contributed by atoms with van der Waals surface area (Å²) in [7, 11) is 0. The number of aromatic hydroxyl groups is 1. The SMILES string of the molecule is [2H]C([2H])([2H])c1cnc(-c2[c-]c(-c3cccc4c3nc(-c3cc(C(C)(C)C)ccc3O)n4-c3ccccc3-c3ccccc3)cc(C([2H])([2H])c3ccccc3)c2)cc1-c1ccccc1.[Pt]. The first-order valence-electron chi connectivity index (χ1n) is 21.9. The predicted octanol–water partition coefficient (Wildman–Crippen LogP) is 13.5. The summed E-state index contributed by atoms with van der Waals surface area (Å²) in [6.07, 6.45) is -0.555. The van der Waals surface area contributed by atoms with Crippen LogP contribution in [0.2, 0.25) is 0 Å². The molecule has 0 saturated carbocycles. The van der Waals surface area contributed by atoms with Crippen LogP contribution < -0.4 is 0 Å². The Morgan fingerprint density at radius 2 is 1.29 bits per heavy atom. The molecule has 9 rings (SSSR count). The molecule has 0 atom stereocenters. The van der Waals surface area contributed by atoms with Gasteiger partial charge in [0.1, 0.15) is 11.6 Å². The van der Waals surface area contributed by atoms with Crippen molar-refractivity contribution in [3.05, 3.63) is 204 Å². The first kappa shape index (κ1) is 33.6. The minimum absolute atomic E-state index is 0. The average Bonchev–Trinajstić information content (AvgIpc) is 3.68. The Hall–Kier alpha value is -6.35. The molecule has 0 spiro atoms. The number of aromatic nitrogens is 3. The number of hydrogen-bond donors (Lipinski definition) is 1. The van der Waals surface area contributed by atoms with Crippen LogP contribution in [-0.4, -0.2) is 19.6 Å². The Labute approximate surface area is 368 Å². The van der Waals surface area contributed by atoms with E-state index in [4.69, 9.17) is 14.1 Å². The van der Waals surface area contributed by atoms with E-state index in [0.717, 1.165) is 33.5 Å². The second-order valence-electron chi connectivity index (χ2n) is 15.5. The number of aryl methyl sites for hydroxylation is 1. The molecule has 1 N–H and O–H groups in total. The number of para-hydroxylation sites is 2. The van der Waals surface area contributed by atoms with Crippen molar-refractivity contribution >= 4 is 11.0 Å². The molecule has 59 heavy (non-hydrogen) atoms. The van der Waals surface area contributed by atoms with Crippen LogP contribution in [0.1, 0.15) is 49.9 Å². The molecule has 0 amide bonds. The van der Waals surface area contributed by atoms with E-state index in [1.165, 1.54) is 6.20 Å². The van der Waals surface area contributed by atoms with Crippen molar-refractivity contribution in [2.45, 2.75) is 39.4 Å². The molecule has 9 aromatic rings. The average molecular weight is 951 g/mol. The summed E-state index contributed by atoms with van der Waals surface area (Å²) < 4.78 is 46.2. The Morgan fingerprint density at radius 1 is 0.644 bits per heavy atom. The predicted molar refractivity (Wildman–Crippen MR) is 239 cm³/mol. The number of hydrogen-bond acceptors (Lipinski definition) is 3. The van der Waals surface area contributed by atoms with Gasteiger partial charge in [-0.3, -0.25) is 9.55 Å². The molecule has 2 heterocycles. The van der Waals surface area contributed by atoms with Gasteiger partial charge in [0.25, 0.3) is 0 Å². The summed E-state index contributed by atoms with van der Waals surface area (Å²) in [5.41, 5.74) is 9.98. The van der Waals surface area contributed by atoms with E-state index in [0.29, 0.717) is 56.0 Å². The third kappa shape index (κ3) is 7.94. The van der Waals surface area contributed by atoms with E-state index in [1.54, 1.807) is 30.3 Å². The van der Waals surface area contributed by atoms with Crippen LogP contribution in [0.5, 0.6) is 5.75 Å². The van der Waals surface area contributed by atoms with Crippen molar-refractivity contribution in [1.82, 2.24) is 14.5 Å². The van der Waals surface area contributed by atoms with E-state index >= 15 is 0 Å². The molecule has 0 saturated heterocycles. The largest absolute Gasteiger partial charge is 0.507 e. The van der Waals surface area contributed by atoms with Gasteiger partial charge >= 0.3 is 0 Å². The van der Waals surface area contributed by atoms with Gasteiger partial charge < -0.3 is 5.11 Å². The number of imidazole rings is 1. The Kier molecular flexibility index (Phi) is 9.39. The third-order valence-electron chi connectivity index (χ3n) is 10.5. The van der Waals surface area contributed by atoms with Crippen molar-refractivity contribution in [3.63, 3.8) is 0 Å². The van der Waals surface area contributed by atoms with E-state index in [1.807, 2.05) is 115 Å². The zero-order chi connectivity index (χ0) is 44.1. The van der Waals surface area contributed by atoms with Crippen molar-refractivity contribution in [3.8, 4) is 67.5 Å². The minimum Gasteiger partial charge on any atom is -0.507 e. The third-order valence-corrected chi connectivity index (χ3v) is 10.5. The van der Waals surface area contributed by atoms with Gasteiger partial charge in [-0.1, -0.05) is 165 Å². The zero-order valence-electron chi connectivity index (χ0n) is 37.8. The van der Waals surface area contributed by atoms with Crippen LogP contribution in [0.3, 0.4) is 0 Å². The Balaban J connectivity index is 0.00000560. The molecule has 0 radical (unpaired) electrons. The van der Waals surface area contributed by atoms with Gasteiger partial charge in [0.15, 0.2) is 0 Å². The quantitative estimate of drug-likeness (QED) is 0.154. The maximum Gasteiger partial charge on any atom is 0.148 e. The maximum atomic E-state index is 11.7. The number of rotatable bonds is 8. The number of phenolic OH excluding ortho intramolecular Hbond substituents is 1. The monoisotopic (exact) mass is 950 g/mol. The second-order valence-corrected chi connectivity index (χ2v) is 15.5. The van der Waals surface area contributed by atoms with Gasteiger partial charge in [0, 0.05) is 45.4 Å². The number of benzene rings is 7. The molecule has 0 unspecified atom stereocenters. The summed E-state index contributed by atoms with van der Waals surface area (Å²) in [5, 5.41) is 11.7. The molecule has 0 aliphatic rings. The van der Waals surface area contributed by atoms with Crippen LogP contribution >= 0.6 is 0 Å². The standard InChI is InChI=1S/C54H44N3O.Pt/c1-36-35-55-48(34-46(36)40-21-12-7-13-22-40)42-31-38(29-37-17-8-5-9-18-37)30-41(32-42)45-24-16-26-50-52(45)56-53(47-33-43(54(2,3)4)27-28-51(47)58)57(50)49-25-15-14-23-44(49)39-19-10-6-11-20-39;/h5-28,30-31,33-35,58H,29H2,1-4H3;/q-1;/i1D3,29D2;. The van der Waals surface area contributed by atoms with Crippen LogP contribution in [-0.2, 0) is 32.9 Å². The second kappa shape index (κ2) is 16.5. The number of fused-ring (bicyclic) bond motifs is 1. The Morgan fingerprint density at radius 3 is 2.00 bits per heavy atom. The van der Waals surface area contributed by atoms with Gasteiger partial charge in [0.05, 0.1) is 22.3 Å². The van der Waals surface area contributed by atoms with Gasteiger partial charge in [-0.2, -0.15) is 0 Å². The number of pyridine rings is 1. The molecule has 0 aliphatic carbocycles. The normalized spacial score (nSPS) is 13.1. The van der Waals surface area contributed by atoms with Crippen LogP contribution in [0, 0.1) is 12.9 Å². The fraction of sp³-hybridized carbons (Fsp3) is 0.111. The molecular weight excluding hydrogens is 902 g/mol. The van der Waals surface area contributed by atoms with Crippen LogP contribution in [0.4, 0.5) is 0 Å². The van der Waals surface area contributed by atoms with E-state index in [2.05, 4.69) is 55.7 Å². The minimum atomic E-state index is -2.43. The van der Waals surface area contributed by atoms with Crippen molar-refractivity contribution in [2.24, 2.45) is 0 Å².